The lowest BCUT2D eigenvalue weighted by molar-refractivity contribution is -0.0408. The molecule has 38 heavy (non-hydrogen) atoms. The predicted molar refractivity (Wildman–Crippen MR) is 132 cm³/mol. The molecule has 0 saturated carbocycles. The summed E-state index contributed by atoms with van der Waals surface area (Å²) in [6.45, 7) is 2.86. The van der Waals surface area contributed by atoms with Crippen LogP contribution in [0.15, 0.2) is 43.0 Å². The number of carbonyl (C=O) groups excluding carboxylic acids is 1. The van der Waals surface area contributed by atoms with Crippen LogP contribution in [0.4, 0.5) is 25.2 Å². The molecule has 0 aliphatic heterocycles. The van der Waals surface area contributed by atoms with Gasteiger partial charge in [-0.15, -0.1) is 0 Å². The van der Waals surface area contributed by atoms with Crippen LogP contribution in [0, 0.1) is 11.3 Å². The van der Waals surface area contributed by atoms with E-state index in [-0.39, 0.29) is 11.4 Å². The molecule has 0 aliphatic carbocycles. The summed E-state index contributed by atoms with van der Waals surface area (Å²) in [6.07, 6.45) is 4.58. The van der Waals surface area contributed by atoms with Crippen molar-refractivity contribution in [2.24, 2.45) is 0 Å². The Morgan fingerprint density at radius 3 is 2.66 bits per heavy atom. The summed E-state index contributed by atoms with van der Waals surface area (Å²) in [5.74, 6) is -2.70. The van der Waals surface area contributed by atoms with E-state index in [0.717, 1.165) is 0 Å². The third kappa shape index (κ3) is 6.64. The van der Waals surface area contributed by atoms with Gasteiger partial charge in [0, 0.05) is 12.3 Å². The number of alkyl carbamates (subject to hydrolysis) is 1. The number of amides is 1. The number of pyridine rings is 2. The molecule has 4 heterocycles. The van der Waals surface area contributed by atoms with E-state index in [1.165, 1.54) is 18.6 Å². The van der Waals surface area contributed by atoms with E-state index in [0.29, 0.717) is 33.9 Å². The maximum Gasteiger partial charge on any atom is 0.407 e. The Morgan fingerprint density at radius 2 is 1.95 bits per heavy atom. The number of nitrogens with one attached hydrogen (secondary N) is 3. The van der Waals surface area contributed by atoms with Crippen LogP contribution in [0.5, 0.6) is 5.75 Å². The van der Waals surface area contributed by atoms with Gasteiger partial charge in [0.25, 0.3) is 5.92 Å². The van der Waals surface area contributed by atoms with Crippen LogP contribution in [-0.4, -0.2) is 60.9 Å². The largest absolute Gasteiger partial charge is 0.485 e. The van der Waals surface area contributed by atoms with Crippen molar-refractivity contribution in [2.75, 3.05) is 18.5 Å². The van der Waals surface area contributed by atoms with Gasteiger partial charge in [-0.2, -0.15) is 10.4 Å². The fraction of sp³-hybridized carbons (Fsp3) is 0.292. The molecule has 1 amide bonds. The van der Waals surface area contributed by atoms with Gasteiger partial charge in [0.2, 0.25) is 0 Å². The smallest absolute Gasteiger partial charge is 0.407 e. The van der Waals surface area contributed by atoms with Crippen LogP contribution in [0.3, 0.4) is 0 Å². The average molecular weight is 524 g/mol. The minimum atomic E-state index is -3.41. The molecule has 0 spiro atoms. The zero-order valence-electron chi connectivity index (χ0n) is 20.6. The van der Waals surface area contributed by atoms with E-state index in [1.807, 2.05) is 6.07 Å². The van der Waals surface area contributed by atoms with E-state index in [4.69, 9.17) is 14.7 Å². The number of alkyl halides is 2. The van der Waals surface area contributed by atoms with E-state index in [1.54, 1.807) is 45.2 Å². The molecule has 0 saturated heterocycles. The van der Waals surface area contributed by atoms with Crippen LogP contribution >= 0.6 is 0 Å². The van der Waals surface area contributed by atoms with Gasteiger partial charge in [-0.05, 0) is 32.9 Å². The third-order valence-electron chi connectivity index (χ3n) is 4.79. The normalized spacial score (nSPS) is 11.6. The van der Waals surface area contributed by atoms with Crippen LogP contribution in [0.25, 0.3) is 22.3 Å². The maximum atomic E-state index is 14.6. The molecule has 3 N–H and O–H groups in total. The molecule has 0 fully saturated rings. The van der Waals surface area contributed by atoms with Gasteiger partial charge in [0.15, 0.2) is 18.1 Å². The Bertz CT molecular complexity index is 1480. The van der Waals surface area contributed by atoms with E-state index in [9.17, 15) is 13.6 Å². The van der Waals surface area contributed by atoms with Gasteiger partial charge < -0.3 is 20.1 Å². The molecule has 0 aliphatic rings. The number of aromatic nitrogens is 6. The van der Waals surface area contributed by atoms with Crippen molar-refractivity contribution >= 4 is 28.8 Å². The summed E-state index contributed by atoms with van der Waals surface area (Å²) in [5, 5.41) is 20.9. The number of H-pyrrole nitrogens is 1. The molecule has 0 bridgehead atoms. The van der Waals surface area contributed by atoms with Gasteiger partial charge in [0.05, 0.1) is 41.9 Å². The molecule has 4 aromatic heterocycles. The van der Waals surface area contributed by atoms with Gasteiger partial charge >= 0.3 is 6.09 Å². The molecule has 0 aromatic carbocycles. The quantitative estimate of drug-likeness (QED) is 0.308. The number of hydrogen-bond donors (Lipinski definition) is 3. The lowest BCUT2D eigenvalue weighted by Gasteiger charge is -2.22. The monoisotopic (exact) mass is 523 g/mol. The number of halogens is 2. The summed E-state index contributed by atoms with van der Waals surface area (Å²) in [6, 6.07) is 6.90. The predicted octanol–water partition coefficient (Wildman–Crippen LogP) is 3.96. The number of rotatable bonds is 8. The van der Waals surface area contributed by atoms with Crippen molar-refractivity contribution < 1.29 is 23.0 Å². The second-order valence-corrected chi connectivity index (χ2v) is 9.06. The van der Waals surface area contributed by atoms with Crippen LogP contribution in [0.2, 0.25) is 0 Å². The molecule has 4 rings (SSSR count). The number of anilines is 2. The fourth-order valence-electron chi connectivity index (χ4n) is 3.22. The Labute approximate surface area is 215 Å². The second kappa shape index (κ2) is 10.6. The summed E-state index contributed by atoms with van der Waals surface area (Å²) in [4.78, 5) is 28.4. The summed E-state index contributed by atoms with van der Waals surface area (Å²) < 4.78 is 39.6. The van der Waals surface area contributed by atoms with Crippen molar-refractivity contribution in [1.82, 2.24) is 35.5 Å². The van der Waals surface area contributed by atoms with Crippen molar-refractivity contribution in [1.29, 1.82) is 5.26 Å². The van der Waals surface area contributed by atoms with E-state index >= 15 is 0 Å². The summed E-state index contributed by atoms with van der Waals surface area (Å²) in [5.41, 5.74) is 1.01. The van der Waals surface area contributed by atoms with Gasteiger partial charge in [0.1, 0.15) is 28.8 Å². The minimum absolute atomic E-state index is 0.0292. The second-order valence-electron chi connectivity index (χ2n) is 9.06. The number of carbonyl (C=O) groups is 1. The molecule has 196 valence electrons. The molecule has 14 heteroatoms. The highest BCUT2D eigenvalue weighted by molar-refractivity contribution is 5.93. The van der Waals surface area contributed by atoms with Crippen molar-refractivity contribution in [3.8, 4) is 23.1 Å². The molecule has 0 radical (unpaired) electrons. The first-order valence-electron chi connectivity index (χ1n) is 11.3. The lowest BCUT2D eigenvalue weighted by atomic mass is 10.1. The molecule has 0 unspecified atom stereocenters. The van der Waals surface area contributed by atoms with Gasteiger partial charge in [-0.3, -0.25) is 15.1 Å². The highest BCUT2D eigenvalue weighted by Crippen LogP contribution is 2.35. The zero-order chi connectivity index (χ0) is 27.3. The third-order valence-corrected chi connectivity index (χ3v) is 4.79. The molecule has 4 aromatic rings. The minimum Gasteiger partial charge on any atom is -0.485 e. The van der Waals surface area contributed by atoms with Crippen LogP contribution in [0.1, 0.15) is 26.5 Å². The molecular formula is C24H23F2N9O3. The average Bonchev–Trinajstić information content (AvgIpc) is 3.33. The lowest BCUT2D eigenvalue weighted by Crippen LogP contribution is -2.42. The Hall–Kier alpha value is -4.93. The zero-order valence-corrected chi connectivity index (χ0v) is 20.6. The molecule has 12 nitrogen and oxygen atoms in total. The van der Waals surface area contributed by atoms with Crippen molar-refractivity contribution in [3.63, 3.8) is 0 Å². The first kappa shape index (κ1) is 26.1. The number of fused-ring (bicyclic) bond motifs is 1. The van der Waals surface area contributed by atoms with Crippen LogP contribution in [-0.2, 0) is 4.74 Å². The van der Waals surface area contributed by atoms with Gasteiger partial charge in [-0.25, -0.2) is 23.5 Å². The maximum absolute atomic E-state index is 14.6. The number of nitrogens with zero attached hydrogens (tertiary/aromatic N) is 6. The number of ether oxygens (including phenoxy) is 2. The Balaban J connectivity index is 1.54. The van der Waals surface area contributed by atoms with Crippen molar-refractivity contribution in [2.45, 2.75) is 32.3 Å². The molecule has 0 atom stereocenters. The standard InChI is InChI=1S/C24H23F2N9O3/c1-23(2,3)38-22(36)32-12-24(25,26)13-37-17-10-30-15-5-4-6-28-21(15)20(17)16-7-18(35-34-16)33-19-11-29-14(8-27)9-31-19/h4-7,9-11H,12-13H2,1-3H3,(H,32,36)(H2,31,33,34,35). The highest BCUT2D eigenvalue weighted by atomic mass is 19.3. The van der Waals surface area contributed by atoms with E-state index in [2.05, 4.69) is 40.8 Å². The summed E-state index contributed by atoms with van der Waals surface area (Å²) in [7, 11) is 0. The first-order valence-corrected chi connectivity index (χ1v) is 11.3. The SMILES string of the molecule is CC(C)(C)OC(=O)NCC(F)(F)COc1cnc2cccnc2c1-c1cc(Nc2cnc(C#N)cn2)n[nH]1. The fourth-order valence-corrected chi connectivity index (χ4v) is 3.22. The number of nitriles is 1. The highest BCUT2D eigenvalue weighted by Gasteiger charge is 2.32. The van der Waals surface area contributed by atoms with Crippen LogP contribution < -0.4 is 15.4 Å². The molecular weight excluding hydrogens is 500 g/mol. The Morgan fingerprint density at radius 1 is 1.13 bits per heavy atom. The Kier molecular flexibility index (Phi) is 7.28. The first-order chi connectivity index (χ1) is 18.0. The van der Waals surface area contributed by atoms with E-state index < -0.39 is 30.8 Å². The topological polar surface area (TPSA) is 164 Å². The number of hydrogen-bond acceptors (Lipinski definition) is 10. The summed E-state index contributed by atoms with van der Waals surface area (Å²) >= 11 is 0. The van der Waals surface area contributed by atoms with Crippen molar-refractivity contribution in [3.05, 3.63) is 48.7 Å². The number of aromatic amines is 1. The van der Waals surface area contributed by atoms with Gasteiger partial charge in [-0.1, -0.05) is 0 Å².